The number of β-amino-alcohol motifs (C(OH)–C–C–N with tert-alkyl or cyclic N) is 1. The Morgan fingerprint density at radius 2 is 1.86 bits per heavy atom. The first-order valence-electron chi connectivity index (χ1n) is 11.4. The van der Waals surface area contributed by atoms with Crippen molar-refractivity contribution >= 4 is 17.8 Å². The predicted octanol–water partition coefficient (Wildman–Crippen LogP) is 2.55. The SMILES string of the molecule is O=C(N/N=C/c1cccnc1)c1ccc(OC[C@H](O)CN2CCN(c3ccc(F)cc3)CC2)cc1. The molecule has 0 saturated carbocycles. The van der Waals surface area contributed by atoms with Crippen LogP contribution in [0.2, 0.25) is 0 Å². The van der Waals surface area contributed by atoms with Gasteiger partial charge in [-0.1, -0.05) is 6.07 Å². The van der Waals surface area contributed by atoms with E-state index in [1.807, 2.05) is 6.07 Å². The summed E-state index contributed by atoms with van der Waals surface area (Å²) in [5.74, 6) is -0.00327. The minimum Gasteiger partial charge on any atom is -0.491 e. The van der Waals surface area contributed by atoms with E-state index in [9.17, 15) is 14.3 Å². The number of carbonyl (C=O) groups is 1. The maximum atomic E-state index is 13.1. The van der Waals surface area contributed by atoms with Gasteiger partial charge in [0.05, 0.1) is 6.21 Å². The van der Waals surface area contributed by atoms with Gasteiger partial charge in [0, 0.05) is 61.9 Å². The van der Waals surface area contributed by atoms with Crippen molar-refractivity contribution in [1.29, 1.82) is 0 Å². The number of halogens is 1. The highest BCUT2D eigenvalue weighted by molar-refractivity contribution is 5.94. The van der Waals surface area contributed by atoms with E-state index in [4.69, 9.17) is 4.74 Å². The van der Waals surface area contributed by atoms with Crippen molar-refractivity contribution in [1.82, 2.24) is 15.3 Å². The molecule has 0 spiro atoms. The predicted molar refractivity (Wildman–Crippen MR) is 132 cm³/mol. The van der Waals surface area contributed by atoms with Crippen LogP contribution in [0.4, 0.5) is 10.1 Å². The van der Waals surface area contributed by atoms with Gasteiger partial charge >= 0.3 is 0 Å². The molecule has 1 aromatic heterocycles. The maximum Gasteiger partial charge on any atom is 0.271 e. The monoisotopic (exact) mass is 477 g/mol. The molecule has 8 nitrogen and oxygen atoms in total. The molecule has 1 aliphatic heterocycles. The summed E-state index contributed by atoms with van der Waals surface area (Å²) in [5, 5.41) is 14.3. The fourth-order valence-corrected chi connectivity index (χ4v) is 3.77. The molecule has 2 heterocycles. The van der Waals surface area contributed by atoms with Crippen molar-refractivity contribution in [3.8, 4) is 5.75 Å². The minimum atomic E-state index is -0.642. The fraction of sp³-hybridized carbons (Fsp3) is 0.269. The highest BCUT2D eigenvalue weighted by atomic mass is 19.1. The topological polar surface area (TPSA) is 90.3 Å². The normalized spacial score (nSPS) is 15.2. The van der Waals surface area contributed by atoms with E-state index in [0.29, 0.717) is 17.9 Å². The van der Waals surface area contributed by atoms with Crippen molar-refractivity contribution in [3.05, 3.63) is 90.0 Å². The van der Waals surface area contributed by atoms with Crippen LogP contribution in [-0.2, 0) is 0 Å². The van der Waals surface area contributed by atoms with E-state index in [2.05, 4.69) is 25.3 Å². The smallest absolute Gasteiger partial charge is 0.271 e. The molecule has 0 aliphatic carbocycles. The number of piperazine rings is 1. The van der Waals surface area contributed by atoms with Gasteiger partial charge in [0.15, 0.2) is 0 Å². The summed E-state index contributed by atoms with van der Waals surface area (Å²) in [4.78, 5) is 20.6. The molecule has 0 unspecified atom stereocenters. The fourth-order valence-electron chi connectivity index (χ4n) is 3.77. The lowest BCUT2D eigenvalue weighted by Gasteiger charge is -2.36. The number of anilines is 1. The first kappa shape index (κ1) is 24.3. The Hall–Kier alpha value is -3.82. The number of pyridine rings is 1. The molecule has 0 bridgehead atoms. The number of aromatic nitrogens is 1. The van der Waals surface area contributed by atoms with Gasteiger partial charge in [-0.05, 0) is 54.6 Å². The molecule has 9 heteroatoms. The van der Waals surface area contributed by atoms with Crippen LogP contribution in [0.25, 0.3) is 0 Å². The Bertz CT molecular complexity index is 1100. The number of hydrogen-bond acceptors (Lipinski definition) is 7. The van der Waals surface area contributed by atoms with Crippen LogP contribution in [0.3, 0.4) is 0 Å². The number of amides is 1. The number of hydrogen-bond donors (Lipinski definition) is 2. The summed E-state index contributed by atoms with van der Waals surface area (Å²) >= 11 is 0. The Labute approximate surface area is 203 Å². The second kappa shape index (κ2) is 12.0. The Kier molecular flexibility index (Phi) is 8.37. The quantitative estimate of drug-likeness (QED) is 0.364. The van der Waals surface area contributed by atoms with Crippen molar-refractivity contribution in [2.75, 3.05) is 44.2 Å². The number of ether oxygens (including phenoxy) is 1. The molecule has 1 aliphatic rings. The summed E-state index contributed by atoms with van der Waals surface area (Å²) < 4.78 is 18.8. The number of aliphatic hydroxyl groups is 1. The van der Waals surface area contributed by atoms with Crippen molar-refractivity contribution < 1.29 is 19.0 Å². The zero-order chi connectivity index (χ0) is 24.5. The molecule has 182 valence electrons. The number of aliphatic hydroxyl groups excluding tert-OH is 1. The Morgan fingerprint density at radius 3 is 2.54 bits per heavy atom. The van der Waals surface area contributed by atoms with Gasteiger partial charge in [0.1, 0.15) is 24.3 Å². The summed E-state index contributed by atoms with van der Waals surface area (Å²) in [7, 11) is 0. The Morgan fingerprint density at radius 1 is 1.11 bits per heavy atom. The van der Waals surface area contributed by atoms with E-state index in [0.717, 1.165) is 37.4 Å². The number of hydrazone groups is 1. The second-order valence-corrected chi connectivity index (χ2v) is 8.24. The van der Waals surface area contributed by atoms with Gasteiger partial charge in [-0.15, -0.1) is 0 Å². The number of carbonyl (C=O) groups excluding carboxylic acids is 1. The van der Waals surface area contributed by atoms with E-state index in [1.165, 1.54) is 18.3 Å². The van der Waals surface area contributed by atoms with Crippen molar-refractivity contribution in [2.24, 2.45) is 5.10 Å². The maximum absolute atomic E-state index is 13.1. The molecule has 35 heavy (non-hydrogen) atoms. The van der Waals surface area contributed by atoms with Gasteiger partial charge in [-0.25, -0.2) is 9.82 Å². The first-order valence-corrected chi connectivity index (χ1v) is 11.4. The largest absolute Gasteiger partial charge is 0.491 e. The molecule has 0 radical (unpaired) electrons. The zero-order valence-corrected chi connectivity index (χ0v) is 19.3. The lowest BCUT2D eigenvalue weighted by Crippen LogP contribution is -2.49. The van der Waals surface area contributed by atoms with Crippen LogP contribution in [-0.4, -0.2) is 72.5 Å². The summed E-state index contributed by atoms with van der Waals surface area (Å²) in [6, 6.07) is 16.8. The van der Waals surface area contributed by atoms with Crippen LogP contribution in [0.15, 0.2) is 78.2 Å². The van der Waals surface area contributed by atoms with Crippen LogP contribution in [0.5, 0.6) is 5.75 Å². The van der Waals surface area contributed by atoms with E-state index < -0.39 is 6.10 Å². The molecular weight excluding hydrogens is 449 g/mol. The van der Waals surface area contributed by atoms with Gasteiger partial charge in [0.25, 0.3) is 5.91 Å². The summed E-state index contributed by atoms with van der Waals surface area (Å²) in [6.45, 7) is 3.90. The van der Waals surface area contributed by atoms with Gasteiger partial charge in [0.2, 0.25) is 0 Å². The lowest BCUT2D eigenvalue weighted by atomic mass is 10.2. The van der Waals surface area contributed by atoms with Crippen LogP contribution in [0, 0.1) is 5.82 Å². The third-order valence-electron chi connectivity index (χ3n) is 5.66. The average molecular weight is 478 g/mol. The van der Waals surface area contributed by atoms with Gasteiger partial charge in [-0.3, -0.25) is 14.7 Å². The molecule has 1 atom stereocenters. The van der Waals surface area contributed by atoms with Gasteiger partial charge in [-0.2, -0.15) is 5.10 Å². The van der Waals surface area contributed by atoms with E-state index >= 15 is 0 Å². The minimum absolute atomic E-state index is 0.152. The van der Waals surface area contributed by atoms with Gasteiger partial charge < -0.3 is 14.7 Å². The molecular formula is C26H28FN5O3. The highest BCUT2D eigenvalue weighted by Crippen LogP contribution is 2.17. The summed E-state index contributed by atoms with van der Waals surface area (Å²) in [6.07, 6.45) is 4.19. The molecule has 1 fully saturated rings. The Balaban J connectivity index is 1.17. The van der Waals surface area contributed by atoms with Crippen molar-refractivity contribution in [2.45, 2.75) is 6.10 Å². The van der Waals surface area contributed by atoms with Crippen LogP contribution < -0.4 is 15.1 Å². The van der Waals surface area contributed by atoms with Crippen LogP contribution >= 0.6 is 0 Å². The molecule has 4 rings (SSSR count). The van der Waals surface area contributed by atoms with E-state index in [1.54, 1.807) is 54.9 Å². The molecule has 2 N–H and O–H groups in total. The number of rotatable bonds is 9. The number of benzene rings is 2. The standard InChI is InChI=1S/C26H28FN5O3/c27-22-5-7-23(8-6-22)32-14-12-31(13-15-32)18-24(33)19-35-25-9-3-21(4-10-25)26(34)30-29-17-20-2-1-11-28-16-20/h1-11,16-17,24,33H,12-15,18-19H2,(H,30,34)/b29-17+/t24-/m1/s1. The number of nitrogens with zero attached hydrogens (tertiary/aromatic N) is 4. The third-order valence-corrected chi connectivity index (χ3v) is 5.66. The second-order valence-electron chi connectivity index (χ2n) is 8.24. The lowest BCUT2D eigenvalue weighted by molar-refractivity contribution is 0.0663. The zero-order valence-electron chi connectivity index (χ0n) is 19.3. The molecule has 3 aromatic rings. The third kappa shape index (κ3) is 7.33. The van der Waals surface area contributed by atoms with Crippen LogP contribution in [0.1, 0.15) is 15.9 Å². The van der Waals surface area contributed by atoms with E-state index in [-0.39, 0.29) is 18.3 Å². The molecule has 2 aromatic carbocycles. The molecule has 1 amide bonds. The highest BCUT2D eigenvalue weighted by Gasteiger charge is 2.20. The van der Waals surface area contributed by atoms with Crippen molar-refractivity contribution in [3.63, 3.8) is 0 Å². The average Bonchev–Trinajstić information content (AvgIpc) is 2.89. The molecule has 1 saturated heterocycles. The number of nitrogens with one attached hydrogen (secondary N) is 1. The summed E-state index contributed by atoms with van der Waals surface area (Å²) in [5.41, 5.74) is 4.71. The first-order chi connectivity index (χ1) is 17.1.